The third-order valence-corrected chi connectivity index (χ3v) is 8.40. The zero-order chi connectivity index (χ0) is 25.0. The molecule has 2 aliphatic heterocycles. The first-order chi connectivity index (χ1) is 18.2. The minimum atomic E-state index is 0.763. The van der Waals surface area contributed by atoms with E-state index in [0.29, 0.717) is 0 Å². The van der Waals surface area contributed by atoms with Crippen molar-refractivity contribution in [2.75, 3.05) is 69.2 Å². The Kier molecular flexibility index (Phi) is 7.32. The fraction of sp³-hybridized carbons (Fsp3) is 0.379. The normalized spacial score (nSPS) is 17.4. The van der Waals surface area contributed by atoms with Crippen LogP contribution >= 0.6 is 11.3 Å². The summed E-state index contributed by atoms with van der Waals surface area (Å²) >= 11 is 1.74. The number of fused-ring (bicyclic) bond motifs is 1. The van der Waals surface area contributed by atoms with Crippen LogP contribution in [0, 0.1) is 0 Å². The number of likely N-dealkylation sites (N-methyl/N-ethyl adjacent to an activating group) is 1. The van der Waals surface area contributed by atoms with E-state index in [0.717, 1.165) is 80.2 Å². The summed E-state index contributed by atoms with van der Waals surface area (Å²) in [5, 5.41) is 5.83. The summed E-state index contributed by atoms with van der Waals surface area (Å²) in [4.78, 5) is 16.8. The molecule has 192 valence electrons. The zero-order valence-electron chi connectivity index (χ0n) is 21.4. The second kappa shape index (κ2) is 11.1. The molecule has 5 heterocycles. The predicted molar refractivity (Wildman–Crippen MR) is 153 cm³/mol. The second-order valence-electron chi connectivity index (χ2n) is 9.73. The van der Waals surface area contributed by atoms with E-state index in [9.17, 15) is 0 Å². The van der Waals surface area contributed by atoms with Crippen molar-refractivity contribution in [2.24, 2.45) is 0 Å². The standard InChI is InChI=1S/C29H34N6OS/c1-2-33-11-13-34(14-12-33)21-22-3-5-23(6-4-22)28-29-24(9-10-30-28)19-27(37-29)32-25-7-8-26(31-20-25)35-15-17-36-18-16-35/h3-10,19-20,32H,2,11-18,21H2,1H3. The van der Waals surface area contributed by atoms with Crippen LogP contribution in [0.4, 0.5) is 16.5 Å². The fourth-order valence-electron chi connectivity index (χ4n) is 5.10. The summed E-state index contributed by atoms with van der Waals surface area (Å²) in [5.74, 6) is 1.00. The van der Waals surface area contributed by atoms with Crippen molar-refractivity contribution in [1.82, 2.24) is 19.8 Å². The molecule has 2 fully saturated rings. The van der Waals surface area contributed by atoms with Crippen LogP contribution in [-0.4, -0.2) is 78.8 Å². The largest absolute Gasteiger partial charge is 0.378 e. The third-order valence-electron chi connectivity index (χ3n) is 7.33. The van der Waals surface area contributed by atoms with E-state index in [1.165, 1.54) is 28.7 Å². The van der Waals surface area contributed by atoms with Gasteiger partial charge in [-0.3, -0.25) is 9.88 Å². The van der Waals surface area contributed by atoms with Crippen molar-refractivity contribution >= 4 is 37.9 Å². The molecule has 0 aliphatic carbocycles. The van der Waals surface area contributed by atoms with Crippen LogP contribution in [-0.2, 0) is 11.3 Å². The van der Waals surface area contributed by atoms with Gasteiger partial charge in [0, 0.05) is 57.6 Å². The smallest absolute Gasteiger partial charge is 0.128 e. The summed E-state index contributed by atoms with van der Waals surface area (Å²) in [7, 11) is 0. The zero-order valence-corrected chi connectivity index (χ0v) is 22.2. The minimum absolute atomic E-state index is 0.763. The van der Waals surface area contributed by atoms with Crippen LogP contribution < -0.4 is 10.2 Å². The Morgan fingerprint density at radius 3 is 2.41 bits per heavy atom. The molecule has 1 N–H and O–H groups in total. The first-order valence-electron chi connectivity index (χ1n) is 13.2. The lowest BCUT2D eigenvalue weighted by molar-refractivity contribution is 0.122. The molecule has 37 heavy (non-hydrogen) atoms. The van der Waals surface area contributed by atoms with E-state index in [4.69, 9.17) is 9.72 Å². The van der Waals surface area contributed by atoms with Crippen molar-refractivity contribution in [1.29, 1.82) is 0 Å². The van der Waals surface area contributed by atoms with Crippen molar-refractivity contribution in [3.63, 3.8) is 0 Å². The number of hydrogen-bond donors (Lipinski definition) is 1. The molecule has 0 amide bonds. The van der Waals surface area contributed by atoms with Crippen molar-refractivity contribution in [2.45, 2.75) is 13.5 Å². The third kappa shape index (κ3) is 5.62. The quantitative estimate of drug-likeness (QED) is 0.369. The molecule has 0 saturated carbocycles. The molecule has 2 saturated heterocycles. The average Bonchev–Trinajstić information content (AvgIpc) is 3.37. The van der Waals surface area contributed by atoms with E-state index in [2.05, 4.69) is 80.5 Å². The summed E-state index contributed by atoms with van der Waals surface area (Å²) < 4.78 is 6.65. The monoisotopic (exact) mass is 514 g/mol. The lowest BCUT2D eigenvalue weighted by atomic mass is 10.1. The topological polar surface area (TPSA) is 56.8 Å². The second-order valence-corrected chi connectivity index (χ2v) is 10.8. The van der Waals surface area contributed by atoms with Gasteiger partial charge in [0.1, 0.15) is 5.82 Å². The number of rotatable bonds is 7. The number of nitrogens with zero attached hydrogens (tertiary/aromatic N) is 5. The van der Waals surface area contributed by atoms with Gasteiger partial charge in [-0.05, 0) is 41.8 Å². The lowest BCUT2D eigenvalue weighted by Crippen LogP contribution is -2.45. The summed E-state index contributed by atoms with van der Waals surface area (Å²) in [5.41, 5.74) is 4.55. The molecule has 0 unspecified atom stereocenters. The van der Waals surface area contributed by atoms with E-state index < -0.39 is 0 Å². The van der Waals surface area contributed by atoms with Gasteiger partial charge in [0.2, 0.25) is 0 Å². The Labute approximate surface area is 222 Å². The SMILES string of the molecule is CCN1CCN(Cc2ccc(-c3nccc4cc(Nc5ccc(N6CCOCC6)nc5)sc34)cc2)CC1. The maximum Gasteiger partial charge on any atom is 0.128 e. The van der Waals surface area contributed by atoms with Gasteiger partial charge in [-0.2, -0.15) is 0 Å². The van der Waals surface area contributed by atoms with Crippen LogP contribution in [0.5, 0.6) is 0 Å². The van der Waals surface area contributed by atoms with Crippen LogP contribution in [0.15, 0.2) is 60.9 Å². The molecule has 1 aromatic carbocycles. The fourth-order valence-corrected chi connectivity index (χ4v) is 6.19. The van der Waals surface area contributed by atoms with Gasteiger partial charge in [-0.25, -0.2) is 4.98 Å². The predicted octanol–water partition coefficient (Wildman–Crippen LogP) is 5.08. The first-order valence-corrected chi connectivity index (χ1v) is 14.0. The number of ether oxygens (including phenoxy) is 1. The number of anilines is 3. The average molecular weight is 515 g/mol. The highest BCUT2D eigenvalue weighted by atomic mass is 32.1. The molecule has 4 aromatic rings. The molecule has 7 nitrogen and oxygen atoms in total. The van der Waals surface area contributed by atoms with Crippen LogP contribution in [0.1, 0.15) is 12.5 Å². The molecule has 3 aromatic heterocycles. The van der Waals surface area contributed by atoms with Crippen molar-refractivity contribution < 1.29 is 4.74 Å². The van der Waals surface area contributed by atoms with Gasteiger partial charge in [-0.15, -0.1) is 11.3 Å². The molecule has 2 aliphatic rings. The molecular formula is C29H34N6OS. The Morgan fingerprint density at radius 2 is 1.68 bits per heavy atom. The van der Waals surface area contributed by atoms with E-state index >= 15 is 0 Å². The highest BCUT2D eigenvalue weighted by Gasteiger charge is 2.16. The van der Waals surface area contributed by atoms with Gasteiger partial charge in [0.15, 0.2) is 0 Å². The first kappa shape index (κ1) is 24.3. The minimum Gasteiger partial charge on any atom is -0.378 e. The van der Waals surface area contributed by atoms with Crippen LogP contribution in [0.2, 0.25) is 0 Å². The Hall–Kier alpha value is -3.04. The van der Waals surface area contributed by atoms with Gasteiger partial charge in [-0.1, -0.05) is 31.2 Å². The van der Waals surface area contributed by atoms with Gasteiger partial charge in [0.25, 0.3) is 0 Å². The number of thiophene rings is 1. The number of pyridine rings is 2. The van der Waals surface area contributed by atoms with Crippen molar-refractivity contribution in [3.8, 4) is 11.3 Å². The van der Waals surface area contributed by atoms with Crippen LogP contribution in [0.3, 0.4) is 0 Å². The number of piperazine rings is 1. The molecule has 0 atom stereocenters. The van der Waals surface area contributed by atoms with E-state index in [-0.39, 0.29) is 0 Å². The Bertz CT molecular complexity index is 1310. The van der Waals surface area contributed by atoms with E-state index in [1.807, 2.05) is 12.4 Å². The number of nitrogens with one attached hydrogen (secondary N) is 1. The maximum absolute atomic E-state index is 5.45. The molecule has 0 bridgehead atoms. The van der Waals surface area contributed by atoms with E-state index in [1.54, 1.807) is 11.3 Å². The number of benzene rings is 1. The van der Waals surface area contributed by atoms with Gasteiger partial charge >= 0.3 is 0 Å². The maximum atomic E-state index is 5.45. The number of hydrogen-bond acceptors (Lipinski definition) is 8. The van der Waals surface area contributed by atoms with Crippen molar-refractivity contribution in [3.05, 3.63) is 66.5 Å². The van der Waals surface area contributed by atoms with Crippen LogP contribution in [0.25, 0.3) is 21.3 Å². The highest BCUT2D eigenvalue weighted by molar-refractivity contribution is 7.23. The lowest BCUT2D eigenvalue weighted by Gasteiger charge is -2.34. The molecule has 6 rings (SSSR count). The molecule has 0 radical (unpaired) electrons. The number of morpholine rings is 1. The summed E-state index contributed by atoms with van der Waals surface area (Å²) in [6, 6.07) is 17.4. The summed E-state index contributed by atoms with van der Waals surface area (Å²) in [6.45, 7) is 12.4. The molecule has 8 heteroatoms. The highest BCUT2D eigenvalue weighted by Crippen LogP contribution is 2.37. The number of aromatic nitrogens is 2. The summed E-state index contributed by atoms with van der Waals surface area (Å²) in [6.07, 6.45) is 3.82. The Morgan fingerprint density at radius 1 is 0.892 bits per heavy atom. The molecule has 0 spiro atoms. The Balaban J connectivity index is 1.15. The van der Waals surface area contributed by atoms with Gasteiger partial charge < -0.3 is 19.9 Å². The van der Waals surface area contributed by atoms with Gasteiger partial charge in [0.05, 0.1) is 40.5 Å². The molecular weight excluding hydrogens is 480 g/mol.